The minimum absolute atomic E-state index is 0.199. The van der Waals surface area contributed by atoms with Crippen molar-refractivity contribution in [1.29, 1.82) is 0 Å². The maximum absolute atomic E-state index is 13.5. The quantitative estimate of drug-likeness (QED) is 0.910. The van der Waals surface area contributed by atoms with Crippen LogP contribution in [0, 0.1) is 5.82 Å². The highest BCUT2D eigenvalue weighted by atomic mass is 79.9. The summed E-state index contributed by atoms with van der Waals surface area (Å²) in [4.78, 5) is 15.9. The Morgan fingerprint density at radius 1 is 1.61 bits per heavy atom. The third-order valence-electron chi connectivity index (χ3n) is 2.09. The number of halogens is 2. The van der Waals surface area contributed by atoms with E-state index in [1.165, 1.54) is 23.9 Å². The Bertz CT molecular complexity index is 496. The van der Waals surface area contributed by atoms with E-state index in [1.54, 1.807) is 17.8 Å². The Morgan fingerprint density at radius 2 is 2.44 bits per heavy atom. The summed E-state index contributed by atoms with van der Waals surface area (Å²) < 4.78 is 15.0. The number of carbonyl (C=O) groups is 1. The highest BCUT2D eigenvalue weighted by molar-refractivity contribution is 9.10. The molecule has 1 aromatic carbocycles. The molecule has 7 heteroatoms. The zero-order chi connectivity index (χ0) is 13.0. The molecule has 0 fully saturated rings. The third-order valence-corrected chi connectivity index (χ3v) is 4.84. The van der Waals surface area contributed by atoms with E-state index in [0.717, 1.165) is 16.7 Å². The SMILES string of the molecule is O=C(CSC1=NCCS1)Nc1ccc(Br)cc1F. The van der Waals surface area contributed by atoms with Gasteiger partial charge < -0.3 is 5.32 Å². The second kappa shape index (κ2) is 6.58. The second-order valence-electron chi connectivity index (χ2n) is 3.46. The van der Waals surface area contributed by atoms with Crippen molar-refractivity contribution in [1.82, 2.24) is 0 Å². The van der Waals surface area contributed by atoms with E-state index in [-0.39, 0.29) is 17.3 Å². The first-order valence-electron chi connectivity index (χ1n) is 5.20. The predicted octanol–water partition coefficient (Wildman–Crippen LogP) is 3.36. The molecule has 1 N–H and O–H groups in total. The van der Waals surface area contributed by atoms with Crippen LogP contribution in [-0.2, 0) is 4.79 Å². The van der Waals surface area contributed by atoms with Crippen LogP contribution < -0.4 is 5.32 Å². The molecule has 0 unspecified atom stereocenters. The number of rotatable bonds is 3. The molecule has 3 nitrogen and oxygen atoms in total. The number of carbonyl (C=O) groups excluding carboxylic acids is 1. The van der Waals surface area contributed by atoms with Crippen molar-refractivity contribution < 1.29 is 9.18 Å². The lowest BCUT2D eigenvalue weighted by atomic mass is 10.3. The van der Waals surface area contributed by atoms with E-state index >= 15 is 0 Å². The smallest absolute Gasteiger partial charge is 0.234 e. The lowest BCUT2D eigenvalue weighted by molar-refractivity contribution is -0.113. The van der Waals surface area contributed by atoms with Crippen LogP contribution in [0.1, 0.15) is 0 Å². The van der Waals surface area contributed by atoms with E-state index in [4.69, 9.17) is 0 Å². The average molecular weight is 349 g/mol. The molecule has 2 rings (SSSR count). The van der Waals surface area contributed by atoms with Gasteiger partial charge in [-0.3, -0.25) is 9.79 Å². The molecule has 1 amide bonds. The highest BCUT2D eigenvalue weighted by Gasteiger charge is 2.12. The van der Waals surface area contributed by atoms with Crippen molar-refractivity contribution in [2.24, 2.45) is 4.99 Å². The molecule has 0 atom stereocenters. The number of anilines is 1. The summed E-state index contributed by atoms with van der Waals surface area (Å²) in [5, 5.41) is 2.54. The normalized spacial score (nSPS) is 14.4. The molecule has 18 heavy (non-hydrogen) atoms. The van der Waals surface area contributed by atoms with E-state index in [0.29, 0.717) is 4.47 Å². The van der Waals surface area contributed by atoms with Crippen LogP contribution >= 0.6 is 39.5 Å². The van der Waals surface area contributed by atoms with Gasteiger partial charge in [0.1, 0.15) is 10.2 Å². The lowest BCUT2D eigenvalue weighted by Gasteiger charge is -2.06. The van der Waals surface area contributed by atoms with Gasteiger partial charge in [-0.1, -0.05) is 39.5 Å². The topological polar surface area (TPSA) is 41.5 Å². The first-order chi connectivity index (χ1) is 8.65. The fourth-order valence-electron chi connectivity index (χ4n) is 1.31. The molecule has 96 valence electrons. The van der Waals surface area contributed by atoms with Gasteiger partial charge in [-0.05, 0) is 18.2 Å². The molecule has 0 aromatic heterocycles. The zero-order valence-electron chi connectivity index (χ0n) is 9.28. The summed E-state index contributed by atoms with van der Waals surface area (Å²) in [7, 11) is 0. The van der Waals surface area contributed by atoms with Gasteiger partial charge in [-0.2, -0.15) is 0 Å². The van der Waals surface area contributed by atoms with Crippen molar-refractivity contribution in [3.8, 4) is 0 Å². The van der Waals surface area contributed by atoms with Crippen LogP contribution in [-0.4, -0.2) is 28.3 Å². The first-order valence-corrected chi connectivity index (χ1v) is 7.96. The fourth-order valence-corrected chi connectivity index (χ4v) is 3.45. The molecular weight excluding hydrogens is 339 g/mol. The maximum Gasteiger partial charge on any atom is 0.234 e. The third kappa shape index (κ3) is 4.00. The molecule has 1 heterocycles. The lowest BCUT2D eigenvalue weighted by Crippen LogP contribution is -2.15. The number of hydrogen-bond acceptors (Lipinski definition) is 4. The summed E-state index contributed by atoms with van der Waals surface area (Å²) >= 11 is 6.20. The summed E-state index contributed by atoms with van der Waals surface area (Å²) in [6.07, 6.45) is 0. The Morgan fingerprint density at radius 3 is 3.11 bits per heavy atom. The second-order valence-corrected chi connectivity index (χ2v) is 6.68. The standard InChI is InChI=1S/C11H10BrFN2OS2/c12-7-1-2-9(8(13)5-7)15-10(16)6-18-11-14-3-4-17-11/h1-2,5H,3-4,6H2,(H,15,16). The predicted molar refractivity (Wildman–Crippen MR) is 79.9 cm³/mol. The van der Waals surface area contributed by atoms with Gasteiger partial charge in [0.2, 0.25) is 5.91 Å². The number of hydrogen-bond donors (Lipinski definition) is 1. The molecule has 0 saturated heterocycles. The largest absolute Gasteiger partial charge is 0.323 e. The highest BCUT2D eigenvalue weighted by Crippen LogP contribution is 2.23. The fraction of sp³-hybridized carbons (Fsp3) is 0.273. The van der Waals surface area contributed by atoms with Gasteiger partial charge in [-0.25, -0.2) is 4.39 Å². The number of nitrogens with one attached hydrogen (secondary N) is 1. The van der Waals surface area contributed by atoms with E-state index < -0.39 is 5.82 Å². The van der Waals surface area contributed by atoms with Crippen molar-refractivity contribution >= 4 is 55.4 Å². The molecule has 0 spiro atoms. The van der Waals surface area contributed by atoms with Crippen LogP contribution in [0.3, 0.4) is 0 Å². The summed E-state index contributed by atoms with van der Waals surface area (Å²) in [5.41, 5.74) is 0.199. The summed E-state index contributed by atoms with van der Waals surface area (Å²) in [6.45, 7) is 0.815. The van der Waals surface area contributed by atoms with Gasteiger partial charge in [-0.15, -0.1) is 0 Å². The summed E-state index contributed by atoms with van der Waals surface area (Å²) in [5.74, 6) is 0.554. The Labute approximate surface area is 121 Å². The number of aliphatic imine (C=N–C) groups is 1. The van der Waals surface area contributed by atoms with Gasteiger partial charge >= 0.3 is 0 Å². The molecule has 1 aliphatic heterocycles. The molecule has 0 bridgehead atoms. The van der Waals surface area contributed by atoms with Gasteiger partial charge in [0.05, 0.1) is 18.0 Å². The average Bonchev–Trinajstić information content (AvgIpc) is 2.83. The van der Waals surface area contributed by atoms with E-state index in [1.807, 2.05) is 0 Å². The number of thioether (sulfide) groups is 2. The number of benzene rings is 1. The van der Waals surface area contributed by atoms with Crippen molar-refractivity contribution in [3.05, 3.63) is 28.5 Å². The molecule has 0 saturated carbocycles. The van der Waals surface area contributed by atoms with Crippen LogP contribution in [0.2, 0.25) is 0 Å². The Balaban J connectivity index is 1.86. The van der Waals surface area contributed by atoms with E-state index in [9.17, 15) is 9.18 Å². The Hall–Kier alpha value is -0.530. The molecule has 1 aliphatic rings. The molecule has 1 aromatic rings. The molecular formula is C11H10BrFN2OS2. The molecule has 0 aliphatic carbocycles. The van der Waals surface area contributed by atoms with Crippen LogP contribution in [0.25, 0.3) is 0 Å². The van der Waals surface area contributed by atoms with Gasteiger partial charge in [0.25, 0.3) is 0 Å². The first kappa shape index (κ1) is 13.9. The molecule has 0 radical (unpaired) electrons. The zero-order valence-corrected chi connectivity index (χ0v) is 12.5. The van der Waals surface area contributed by atoms with Crippen LogP contribution in [0.15, 0.2) is 27.7 Å². The van der Waals surface area contributed by atoms with Crippen LogP contribution in [0.5, 0.6) is 0 Å². The van der Waals surface area contributed by atoms with Gasteiger partial charge in [0.15, 0.2) is 0 Å². The monoisotopic (exact) mass is 348 g/mol. The minimum Gasteiger partial charge on any atom is -0.323 e. The van der Waals surface area contributed by atoms with Crippen LogP contribution in [0.4, 0.5) is 10.1 Å². The maximum atomic E-state index is 13.5. The number of amides is 1. The van der Waals surface area contributed by atoms with Crippen molar-refractivity contribution in [3.63, 3.8) is 0 Å². The summed E-state index contributed by atoms with van der Waals surface area (Å²) in [6, 6.07) is 4.53. The van der Waals surface area contributed by atoms with E-state index in [2.05, 4.69) is 26.2 Å². The Kier molecular flexibility index (Phi) is 5.08. The van der Waals surface area contributed by atoms with Crippen molar-refractivity contribution in [2.75, 3.05) is 23.4 Å². The minimum atomic E-state index is -0.449. The van der Waals surface area contributed by atoms with Crippen molar-refractivity contribution in [2.45, 2.75) is 0 Å². The number of nitrogens with zero attached hydrogens (tertiary/aromatic N) is 1. The van der Waals surface area contributed by atoms with Gasteiger partial charge in [0, 0.05) is 10.2 Å².